The quantitative estimate of drug-likeness (QED) is 0.851. The van der Waals surface area contributed by atoms with Crippen molar-refractivity contribution in [1.29, 1.82) is 0 Å². The van der Waals surface area contributed by atoms with Crippen molar-refractivity contribution in [3.63, 3.8) is 0 Å². The van der Waals surface area contributed by atoms with Crippen LogP contribution in [0.1, 0.15) is 49.3 Å². The van der Waals surface area contributed by atoms with Crippen LogP contribution < -0.4 is 5.32 Å². The molecule has 100 valence electrons. The minimum atomic E-state index is -0.709. The zero-order chi connectivity index (χ0) is 13.1. The minimum Gasteiger partial charge on any atom is -0.313 e. The van der Waals surface area contributed by atoms with E-state index in [0.717, 1.165) is 6.42 Å². The molecule has 1 aliphatic rings. The van der Waals surface area contributed by atoms with Crippen LogP contribution in [0.25, 0.3) is 0 Å². The topological polar surface area (TPSA) is 12.0 Å². The summed E-state index contributed by atoms with van der Waals surface area (Å²) >= 11 is 0. The normalized spacial score (nSPS) is 18.2. The Morgan fingerprint density at radius 2 is 1.89 bits per heavy atom. The van der Waals surface area contributed by atoms with E-state index in [2.05, 4.69) is 5.32 Å². The molecule has 2 rings (SSSR count). The van der Waals surface area contributed by atoms with Crippen molar-refractivity contribution >= 4 is 0 Å². The van der Waals surface area contributed by atoms with E-state index >= 15 is 0 Å². The molecule has 0 amide bonds. The third-order valence-electron chi connectivity index (χ3n) is 4.07. The van der Waals surface area contributed by atoms with Crippen LogP contribution in [0.15, 0.2) is 12.1 Å². The summed E-state index contributed by atoms with van der Waals surface area (Å²) in [6, 6.07) is 3.29. The van der Waals surface area contributed by atoms with E-state index in [4.69, 9.17) is 0 Å². The maximum atomic E-state index is 14.0. The SMILES string of the molecule is CNC(CC1CCCC1)c1ccc(C)c(F)c1F. The molecule has 0 spiro atoms. The second-order valence-electron chi connectivity index (χ2n) is 5.33. The second-order valence-corrected chi connectivity index (χ2v) is 5.33. The molecule has 0 aromatic heterocycles. The number of hydrogen-bond donors (Lipinski definition) is 1. The van der Waals surface area contributed by atoms with Gasteiger partial charge in [0.25, 0.3) is 0 Å². The molecule has 1 nitrogen and oxygen atoms in total. The van der Waals surface area contributed by atoms with Crippen LogP contribution >= 0.6 is 0 Å². The number of benzene rings is 1. The first-order chi connectivity index (χ1) is 8.63. The van der Waals surface area contributed by atoms with Crippen molar-refractivity contribution in [3.05, 3.63) is 34.9 Å². The monoisotopic (exact) mass is 253 g/mol. The number of nitrogens with one attached hydrogen (secondary N) is 1. The first-order valence-corrected chi connectivity index (χ1v) is 6.75. The van der Waals surface area contributed by atoms with E-state index in [1.165, 1.54) is 25.7 Å². The highest BCUT2D eigenvalue weighted by atomic mass is 19.2. The lowest BCUT2D eigenvalue weighted by Gasteiger charge is -2.21. The van der Waals surface area contributed by atoms with Gasteiger partial charge in [0, 0.05) is 11.6 Å². The Labute approximate surface area is 108 Å². The lowest BCUT2D eigenvalue weighted by molar-refractivity contribution is 0.394. The van der Waals surface area contributed by atoms with E-state index in [1.54, 1.807) is 19.1 Å². The summed E-state index contributed by atoms with van der Waals surface area (Å²) in [5, 5.41) is 3.13. The largest absolute Gasteiger partial charge is 0.313 e. The van der Waals surface area contributed by atoms with Crippen LogP contribution in [-0.2, 0) is 0 Å². The highest BCUT2D eigenvalue weighted by Gasteiger charge is 2.23. The van der Waals surface area contributed by atoms with Gasteiger partial charge in [-0.05, 0) is 31.9 Å². The summed E-state index contributed by atoms with van der Waals surface area (Å²) in [7, 11) is 1.82. The molecule has 1 aromatic rings. The molecule has 0 aliphatic heterocycles. The Hall–Kier alpha value is -0.960. The molecule has 0 bridgehead atoms. The van der Waals surface area contributed by atoms with Crippen LogP contribution in [0.3, 0.4) is 0 Å². The van der Waals surface area contributed by atoms with Crippen molar-refractivity contribution in [2.24, 2.45) is 5.92 Å². The maximum Gasteiger partial charge on any atom is 0.163 e. The zero-order valence-corrected chi connectivity index (χ0v) is 11.1. The van der Waals surface area contributed by atoms with Crippen molar-refractivity contribution in [2.75, 3.05) is 7.05 Å². The van der Waals surface area contributed by atoms with Gasteiger partial charge in [-0.15, -0.1) is 0 Å². The molecule has 18 heavy (non-hydrogen) atoms. The van der Waals surface area contributed by atoms with E-state index in [1.807, 2.05) is 7.05 Å². The fourth-order valence-corrected chi connectivity index (χ4v) is 2.91. The number of aryl methyl sites for hydroxylation is 1. The molecule has 0 radical (unpaired) electrons. The average molecular weight is 253 g/mol. The van der Waals surface area contributed by atoms with Crippen LogP contribution in [0.4, 0.5) is 8.78 Å². The fraction of sp³-hybridized carbons (Fsp3) is 0.600. The molecule has 1 fully saturated rings. The molecule has 1 atom stereocenters. The molecule has 1 saturated carbocycles. The summed E-state index contributed by atoms with van der Waals surface area (Å²) in [5.41, 5.74) is 0.833. The highest BCUT2D eigenvalue weighted by molar-refractivity contribution is 5.28. The Kier molecular flexibility index (Phi) is 4.33. The van der Waals surface area contributed by atoms with Crippen molar-refractivity contribution < 1.29 is 8.78 Å². The molecule has 1 aromatic carbocycles. The van der Waals surface area contributed by atoms with Crippen LogP contribution in [0, 0.1) is 24.5 Å². The number of rotatable bonds is 4. The fourth-order valence-electron chi connectivity index (χ4n) is 2.91. The lowest BCUT2D eigenvalue weighted by Crippen LogP contribution is -2.21. The Morgan fingerprint density at radius 3 is 2.50 bits per heavy atom. The van der Waals surface area contributed by atoms with Crippen molar-refractivity contribution in [2.45, 2.75) is 45.1 Å². The standard InChI is InChI=1S/C15H21F2N/c1-10-7-8-12(15(17)14(10)16)13(18-2)9-11-5-3-4-6-11/h7-8,11,13,18H,3-6,9H2,1-2H3. The van der Waals surface area contributed by atoms with Gasteiger partial charge in [-0.3, -0.25) is 0 Å². The molecule has 0 heterocycles. The van der Waals surface area contributed by atoms with Gasteiger partial charge < -0.3 is 5.32 Å². The van der Waals surface area contributed by atoms with Crippen molar-refractivity contribution in [3.8, 4) is 0 Å². The Balaban J connectivity index is 2.18. The predicted molar refractivity (Wildman–Crippen MR) is 69.5 cm³/mol. The second kappa shape index (κ2) is 5.79. The van der Waals surface area contributed by atoms with Crippen molar-refractivity contribution in [1.82, 2.24) is 5.32 Å². The summed E-state index contributed by atoms with van der Waals surface area (Å²) in [5.74, 6) is -0.752. The summed E-state index contributed by atoms with van der Waals surface area (Å²) in [4.78, 5) is 0. The molecule has 1 unspecified atom stereocenters. The van der Waals surface area contributed by atoms with Gasteiger partial charge in [0.15, 0.2) is 11.6 Å². The molecule has 3 heteroatoms. The molecule has 1 N–H and O–H groups in total. The number of hydrogen-bond acceptors (Lipinski definition) is 1. The van der Waals surface area contributed by atoms with Gasteiger partial charge in [0.1, 0.15) is 0 Å². The maximum absolute atomic E-state index is 14.0. The first kappa shape index (κ1) is 13.5. The van der Waals surface area contributed by atoms with Crippen LogP contribution in [0.5, 0.6) is 0 Å². The van der Waals surface area contributed by atoms with E-state index < -0.39 is 11.6 Å². The molecule has 1 aliphatic carbocycles. The highest BCUT2D eigenvalue weighted by Crippen LogP contribution is 2.34. The van der Waals surface area contributed by atoms with Gasteiger partial charge in [-0.25, -0.2) is 8.78 Å². The third-order valence-corrected chi connectivity index (χ3v) is 4.07. The van der Waals surface area contributed by atoms with Gasteiger partial charge in [-0.1, -0.05) is 37.8 Å². The Morgan fingerprint density at radius 1 is 1.22 bits per heavy atom. The lowest BCUT2D eigenvalue weighted by atomic mass is 9.93. The molecular weight excluding hydrogens is 232 g/mol. The summed E-state index contributed by atoms with van der Waals surface area (Å²) in [6.07, 6.45) is 5.87. The molecule has 0 saturated heterocycles. The minimum absolute atomic E-state index is 0.0804. The average Bonchev–Trinajstić information content (AvgIpc) is 2.87. The summed E-state index contributed by atoms with van der Waals surface area (Å²) in [6.45, 7) is 1.59. The van der Waals surface area contributed by atoms with Crippen LogP contribution in [0.2, 0.25) is 0 Å². The van der Waals surface area contributed by atoms with Gasteiger partial charge in [0.05, 0.1) is 0 Å². The van der Waals surface area contributed by atoms with E-state index in [0.29, 0.717) is 17.0 Å². The van der Waals surface area contributed by atoms with Gasteiger partial charge in [0.2, 0.25) is 0 Å². The first-order valence-electron chi connectivity index (χ1n) is 6.75. The number of halogens is 2. The third kappa shape index (κ3) is 2.72. The zero-order valence-electron chi connectivity index (χ0n) is 11.1. The summed E-state index contributed by atoms with van der Waals surface area (Å²) < 4.78 is 27.6. The van der Waals surface area contributed by atoms with Gasteiger partial charge in [-0.2, -0.15) is 0 Å². The van der Waals surface area contributed by atoms with E-state index in [9.17, 15) is 8.78 Å². The molecular formula is C15H21F2N. The van der Waals surface area contributed by atoms with E-state index in [-0.39, 0.29) is 6.04 Å². The smallest absolute Gasteiger partial charge is 0.163 e. The Bertz CT molecular complexity index is 411. The van der Waals surface area contributed by atoms with Gasteiger partial charge >= 0.3 is 0 Å². The van der Waals surface area contributed by atoms with Crippen LogP contribution in [-0.4, -0.2) is 7.05 Å². The predicted octanol–water partition coefficient (Wildman–Crippen LogP) is 4.11.